The number of nitrogens with zero attached hydrogens (tertiary/aromatic N) is 4. The van der Waals surface area contributed by atoms with E-state index in [-0.39, 0.29) is 0 Å². The van der Waals surface area contributed by atoms with E-state index < -0.39 is 5.91 Å². The molecule has 8 heteroatoms. The van der Waals surface area contributed by atoms with Crippen LogP contribution in [0.1, 0.15) is 21.5 Å². The summed E-state index contributed by atoms with van der Waals surface area (Å²) in [5.74, 6) is 6.28. The standard InChI is InChI=1S/C15H12ClN5OS/c16-13-9-7-23-6-5-8(9)12(15(22)19-20-17)14-18-10-3-1-2-4-11(10)21(13)14/h1-4H,5-7H2,(H2,17,19,22). The second kappa shape index (κ2) is 5.50. The van der Waals surface area contributed by atoms with E-state index in [1.165, 1.54) is 0 Å². The molecule has 0 fully saturated rings. The topological polar surface area (TPSA) is 85.1 Å². The van der Waals surface area contributed by atoms with Gasteiger partial charge in [0.05, 0.1) is 16.6 Å². The Morgan fingerprint density at radius 1 is 1.35 bits per heavy atom. The van der Waals surface area contributed by atoms with Crippen LogP contribution in [0.4, 0.5) is 0 Å². The number of hydrogen-bond donors (Lipinski definition) is 1. The molecule has 116 valence electrons. The summed E-state index contributed by atoms with van der Waals surface area (Å²) >= 11 is 8.45. The number of amides is 1. The molecule has 1 aliphatic rings. The Labute approximate surface area is 140 Å². The van der Waals surface area contributed by atoms with Crippen LogP contribution in [-0.2, 0) is 12.2 Å². The largest absolute Gasteiger partial charge is 0.304 e. The summed E-state index contributed by atoms with van der Waals surface area (Å²) in [6.45, 7) is 0. The normalized spacial score (nSPS) is 14.7. The number of aromatic nitrogens is 2. The van der Waals surface area contributed by atoms with E-state index in [1.807, 2.05) is 28.7 Å². The molecule has 1 aromatic carbocycles. The van der Waals surface area contributed by atoms with Gasteiger partial charge in [-0.15, -0.1) is 0 Å². The first kappa shape index (κ1) is 14.5. The summed E-state index contributed by atoms with van der Waals surface area (Å²) in [5.41, 5.74) is 4.49. The van der Waals surface area contributed by atoms with Gasteiger partial charge in [-0.2, -0.15) is 11.8 Å². The number of carbonyl (C=O) groups is 1. The van der Waals surface area contributed by atoms with Crippen LogP contribution in [0.25, 0.3) is 16.7 Å². The number of rotatable bonds is 1. The molecule has 6 nitrogen and oxygen atoms in total. The summed E-state index contributed by atoms with van der Waals surface area (Å²) in [5, 5.41) is 7.27. The Balaban J connectivity index is 2.20. The molecule has 0 unspecified atom stereocenters. The summed E-state index contributed by atoms with van der Waals surface area (Å²) in [4.78, 5) is 17.1. The van der Waals surface area contributed by atoms with Gasteiger partial charge < -0.3 is 5.84 Å². The summed E-state index contributed by atoms with van der Waals surface area (Å²) in [6, 6.07) is 7.65. The first-order valence-electron chi connectivity index (χ1n) is 7.05. The molecule has 1 amide bonds. The zero-order chi connectivity index (χ0) is 16.0. The monoisotopic (exact) mass is 345 g/mol. The summed E-state index contributed by atoms with van der Waals surface area (Å²) in [7, 11) is 0. The van der Waals surface area contributed by atoms with Gasteiger partial charge in [-0.3, -0.25) is 9.20 Å². The number of thioether (sulfide) groups is 1. The van der Waals surface area contributed by atoms with Crippen molar-refractivity contribution in [2.45, 2.75) is 12.2 Å². The van der Waals surface area contributed by atoms with Gasteiger partial charge in [-0.25, -0.2) is 4.98 Å². The van der Waals surface area contributed by atoms with Crippen molar-refractivity contribution in [1.29, 1.82) is 0 Å². The van der Waals surface area contributed by atoms with E-state index in [0.717, 1.165) is 40.1 Å². The molecule has 0 saturated heterocycles. The number of imidazole rings is 1. The molecule has 0 aliphatic carbocycles. The second-order valence-corrected chi connectivity index (χ2v) is 6.67. The van der Waals surface area contributed by atoms with Crippen LogP contribution in [0.2, 0.25) is 5.15 Å². The van der Waals surface area contributed by atoms with Crippen molar-refractivity contribution in [3.8, 4) is 0 Å². The van der Waals surface area contributed by atoms with Crippen LogP contribution in [0, 0.1) is 0 Å². The van der Waals surface area contributed by atoms with E-state index in [0.29, 0.717) is 16.4 Å². The Hall–Kier alpha value is -2.12. The average molecular weight is 346 g/mol. The lowest BCUT2D eigenvalue weighted by Crippen LogP contribution is -2.14. The third-order valence-corrected chi connectivity index (χ3v) is 5.38. The third-order valence-electron chi connectivity index (χ3n) is 4.00. The number of para-hydroxylation sites is 2. The van der Waals surface area contributed by atoms with Crippen molar-refractivity contribution < 1.29 is 4.79 Å². The van der Waals surface area contributed by atoms with Crippen molar-refractivity contribution >= 4 is 46.0 Å². The second-order valence-electron chi connectivity index (χ2n) is 5.21. The number of fused-ring (bicyclic) bond motifs is 4. The molecule has 0 atom stereocenters. The highest BCUT2D eigenvalue weighted by atomic mass is 35.5. The van der Waals surface area contributed by atoms with Crippen LogP contribution < -0.4 is 5.84 Å². The first-order chi connectivity index (χ1) is 11.2. The van der Waals surface area contributed by atoms with Gasteiger partial charge in [0.1, 0.15) is 5.15 Å². The van der Waals surface area contributed by atoms with Crippen molar-refractivity contribution in [3.05, 3.63) is 46.1 Å². The smallest absolute Gasteiger partial charge is 0.301 e. The lowest BCUT2D eigenvalue weighted by Gasteiger charge is -2.20. The Morgan fingerprint density at radius 3 is 3.00 bits per heavy atom. The van der Waals surface area contributed by atoms with Crippen LogP contribution >= 0.6 is 23.4 Å². The molecule has 3 heterocycles. The third kappa shape index (κ3) is 2.11. The molecular weight excluding hydrogens is 334 g/mol. The number of benzene rings is 1. The Bertz CT molecular complexity index is 981. The van der Waals surface area contributed by atoms with E-state index in [9.17, 15) is 4.79 Å². The minimum absolute atomic E-state index is 0.454. The maximum Gasteiger partial charge on any atom is 0.301 e. The van der Waals surface area contributed by atoms with Crippen molar-refractivity contribution in [1.82, 2.24) is 9.38 Å². The predicted molar refractivity (Wildman–Crippen MR) is 90.9 cm³/mol. The maximum absolute atomic E-state index is 12.5. The molecule has 1 aliphatic heterocycles. The average Bonchev–Trinajstić information content (AvgIpc) is 2.94. The van der Waals surface area contributed by atoms with Gasteiger partial charge in [-0.1, -0.05) is 34.1 Å². The fourth-order valence-electron chi connectivity index (χ4n) is 3.04. The minimum atomic E-state index is -0.479. The molecule has 0 saturated carbocycles. The van der Waals surface area contributed by atoms with E-state index in [4.69, 9.17) is 17.4 Å². The molecule has 2 aromatic heterocycles. The fraction of sp³-hybridized carbons (Fsp3) is 0.200. The van der Waals surface area contributed by atoms with Crippen molar-refractivity contribution in [2.75, 3.05) is 5.75 Å². The lowest BCUT2D eigenvalue weighted by atomic mass is 10.0. The number of pyridine rings is 1. The van der Waals surface area contributed by atoms with Gasteiger partial charge >= 0.3 is 5.91 Å². The van der Waals surface area contributed by atoms with E-state index >= 15 is 0 Å². The van der Waals surface area contributed by atoms with Gasteiger partial charge in [-0.05, 0) is 29.9 Å². The molecule has 2 N–H and O–H groups in total. The van der Waals surface area contributed by atoms with Crippen LogP contribution in [-0.4, -0.2) is 21.0 Å². The Morgan fingerprint density at radius 2 is 2.17 bits per heavy atom. The van der Waals surface area contributed by atoms with E-state index in [2.05, 4.69) is 15.3 Å². The lowest BCUT2D eigenvalue weighted by molar-refractivity contribution is 0.0993. The first-order valence-corrected chi connectivity index (χ1v) is 8.59. The number of nitrogens with two attached hydrogens (primary N) is 1. The SMILES string of the molecule is NN=NC(=O)c1c2c(c(Cl)n3c1nc1ccccc13)CSCC2. The summed E-state index contributed by atoms with van der Waals surface area (Å²) in [6.07, 6.45) is 0.751. The van der Waals surface area contributed by atoms with Crippen LogP contribution in [0.3, 0.4) is 0 Å². The molecule has 4 rings (SSSR count). The van der Waals surface area contributed by atoms with Gasteiger partial charge in [0.25, 0.3) is 0 Å². The van der Waals surface area contributed by atoms with Gasteiger partial charge in [0.15, 0.2) is 5.65 Å². The van der Waals surface area contributed by atoms with Gasteiger partial charge in [0, 0.05) is 11.3 Å². The maximum atomic E-state index is 12.5. The molecule has 23 heavy (non-hydrogen) atoms. The minimum Gasteiger partial charge on any atom is -0.304 e. The van der Waals surface area contributed by atoms with Crippen LogP contribution in [0.5, 0.6) is 0 Å². The van der Waals surface area contributed by atoms with Gasteiger partial charge in [0.2, 0.25) is 0 Å². The molecule has 0 bridgehead atoms. The highest BCUT2D eigenvalue weighted by Crippen LogP contribution is 2.37. The zero-order valence-corrected chi connectivity index (χ0v) is 13.6. The fourth-order valence-corrected chi connectivity index (χ4v) is 4.47. The summed E-state index contributed by atoms with van der Waals surface area (Å²) < 4.78 is 1.82. The quantitative estimate of drug-likeness (QED) is 0.317. The Kier molecular flexibility index (Phi) is 3.46. The predicted octanol–water partition coefficient (Wildman–Crippen LogP) is 3.40. The zero-order valence-electron chi connectivity index (χ0n) is 12.0. The molecular formula is C15H12ClN5OS. The molecule has 3 aromatic rings. The van der Waals surface area contributed by atoms with Crippen molar-refractivity contribution in [2.24, 2.45) is 16.2 Å². The van der Waals surface area contributed by atoms with Crippen molar-refractivity contribution in [3.63, 3.8) is 0 Å². The highest BCUT2D eigenvalue weighted by molar-refractivity contribution is 7.98. The number of halogens is 1. The highest BCUT2D eigenvalue weighted by Gasteiger charge is 2.27. The molecule has 0 radical (unpaired) electrons. The number of hydrogen-bond acceptors (Lipinski definition) is 4. The molecule has 0 spiro atoms. The number of carbonyl (C=O) groups excluding carboxylic acids is 1. The van der Waals surface area contributed by atoms with E-state index in [1.54, 1.807) is 11.8 Å². The van der Waals surface area contributed by atoms with Crippen LogP contribution in [0.15, 0.2) is 34.6 Å².